The number of anilines is 1. The van der Waals surface area contributed by atoms with Gasteiger partial charge in [0.1, 0.15) is 11.5 Å². The van der Waals surface area contributed by atoms with Crippen molar-refractivity contribution >= 4 is 11.6 Å². The highest BCUT2D eigenvalue weighted by Crippen LogP contribution is 2.19. The molecular formula is C19H23NO3. The Balaban J connectivity index is 1.91. The summed E-state index contributed by atoms with van der Waals surface area (Å²) in [6, 6.07) is 15.0. The molecule has 23 heavy (non-hydrogen) atoms. The SMILES string of the molecule is CCCOc1ccc(NC(=O)[C@H](C)Oc2ccccc2C)cc1. The third kappa shape index (κ3) is 5.02. The molecule has 0 heterocycles. The number of nitrogens with one attached hydrogen (secondary N) is 1. The van der Waals surface area contributed by atoms with Gasteiger partial charge in [-0.05, 0) is 56.2 Å². The first-order chi connectivity index (χ1) is 11.1. The van der Waals surface area contributed by atoms with Crippen molar-refractivity contribution in [3.8, 4) is 11.5 Å². The van der Waals surface area contributed by atoms with Gasteiger partial charge in [-0.1, -0.05) is 25.1 Å². The normalized spacial score (nSPS) is 11.6. The van der Waals surface area contributed by atoms with Gasteiger partial charge in [-0.2, -0.15) is 0 Å². The number of benzene rings is 2. The van der Waals surface area contributed by atoms with E-state index >= 15 is 0 Å². The van der Waals surface area contributed by atoms with Gasteiger partial charge in [-0.15, -0.1) is 0 Å². The Bertz CT molecular complexity index is 637. The van der Waals surface area contributed by atoms with Crippen molar-refractivity contribution in [1.29, 1.82) is 0 Å². The lowest BCUT2D eigenvalue weighted by Gasteiger charge is -2.16. The molecule has 0 radical (unpaired) electrons. The van der Waals surface area contributed by atoms with Crippen LogP contribution in [0.2, 0.25) is 0 Å². The van der Waals surface area contributed by atoms with Crippen molar-refractivity contribution in [2.45, 2.75) is 33.3 Å². The predicted molar refractivity (Wildman–Crippen MR) is 92.1 cm³/mol. The van der Waals surface area contributed by atoms with Crippen LogP contribution in [0.5, 0.6) is 11.5 Å². The number of aryl methyl sites for hydroxylation is 1. The number of amides is 1. The minimum Gasteiger partial charge on any atom is -0.494 e. The lowest BCUT2D eigenvalue weighted by atomic mass is 10.2. The zero-order valence-electron chi connectivity index (χ0n) is 13.8. The van der Waals surface area contributed by atoms with E-state index in [1.165, 1.54) is 0 Å². The summed E-state index contributed by atoms with van der Waals surface area (Å²) in [7, 11) is 0. The summed E-state index contributed by atoms with van der Waals surface area (Å²) < 4.78 is 11.2. The predicted octanol–water partition coefficient (Wildman–Crippen LogP) is 4.19. The van der Waals surface area contributed by atoms with E-state index in [1.807, 2.05) is 55.5 Å². The average Bonchev–Trinajstić information content (AvgIpc) is 2.56. The Labute approximate surface area is 137 Å². The molecule has 0 aliphatic rings. The van der Waals surface area contributed by atoms with Gasteiger partial charge in [-0.3, -0.25) is 4.79 Å². The van der Waals surface area contributed by atoms with Gasteiger partial charge in [0.05, 0.1) is 6.61 Å². The molecule has 122 valence electrons. The van der Waals surface area contributed by atoms with E-state index in [2.05, 4.69) is 12.2 Å². The molecule has 0 bridgehead atoms. The van der Waals surface area contributed by atoms with Gasteiger partial charge < -0.3 is 14.8 Å². The second-order valence-electron chi connectivity index (χ2n) is 5.39. The highest BCUT2D eigenvalue weighted by Gasteiger charge is 2.15. The van der Waals surface area contributed by atoms with Crippen LogP contribution in [0.3, 0.4) is 0 Å². The average molecular weight is 313 g/mol. The van der Waals surface area contributed by atoms with Crippen LogP contribution in [0.25, 0.3) is 0 Å². The van der Waals surface area contributed by atoms with Crippen LogP contribution in [0.15, 0.2) is 48.5 Å². The summed E-state index contributed by atoms with van der Waals surface area (Å²) in [6.07, 6.45) is 0.388. The fourth-order valence-corrected chi connectivity index (χ4v) is 2.03. The number of carbonyl (C=O) groups excluding carboxylic acids is 1. The molecule has 4 heteroatoms. The van der Waals surface area contributed by atoms with Crippen molar-refractivity contribution in [3.05, 3.63) is 54.1 Å². The summed E-state index contributed by atoms with van der Waals surface area (Å²) in [5, 5.41) is 2.85. The molecule has 2 aromatic rings. The number of hydrogen-bond donors (Lipinski definition) is 1. The highest BCUT2D eigenvalue weighted by molar-refractivity contribution is 5.94. The first kappa shape index (κ1) is 16.9. The van der Waals surface area contributed by atoms with Crippen LogP contribution in [-0.2, 0) is 4.79 Å². The summed E-state index contributed by atoms with van der Waals surface area (Å²) in [4.78, 5) is 12.2. The minimum absolute atomic E-state index is 0.185. The topological polar surface area (TPSA) is 47.6 Å². The lowest BCUT2D eigenvalue weighted by Crippen LogP contribution is -2.30. The smallest absolute Gasteiger partial charge is 0.265 e. The Morgan fingerprint density at radius 3 is 2.48 bits per heavy atom. The molecule has 1 N–H and O–H groups in total. The van der Waals surface area contributed by atoms with E-state index in [0.717, 1.165) is 29.2 Å². The molecule has 0 fully saturated rings. The van der Waals surface area contributed by atoms with Crippen molar-refractivity contribution < 1.29 is 14.3 Å². The summed E-state index contributed by atoms with van der Waals surface area (Å²) in [5.74, 6) is 1.34. The van der Waals surface area contributed by atoms with Crippen LogP contribution in [0, 0.1) is 6.92 Å². The fraction of sp³-hybridized carbons (Fsp3) is 0.316. The first-order valence-corrected chi connectivity index (χ1v) is 7.86. The van der Waals surface area contributed by atoms with Gasteiger partial charge in [0.15, 0.2) is 6.10 Å². The third-order valence-corrected chi connectivity index (χ3v) is 3.36. The Kier molecular flexibility index (Phi) is 6.03. The molecule has 2 rings (SSSR count). The van der Waals surface area contributed by atoms with Gasteiger partial charge >= 0.3 is 0 Å². The van der Waals surface area contributed by atoms with Crippen molar-refractivity contribution in [3.63, 3.8) is 0 Å². The van der Waals surface area contributed by atoms with Crippen LogP contribution < -0.4 is 14.8 Å². The number of carbonyl (C=O) groups is 1. The molecule has 0 aliphatic heterocycles. The van der Waals surface area contributed by atoms with E-state index in [9.17, 15) is 4.79 Å². The Morgan fingerprint density at radius 2 is 1.83 bits per heavy atom. The van der Waals surface area contributed by atoms with E-state index in [1.54, 1.807) is 6.92 Å². The van der Waals surface area contributed by atoms with Crippen LogP contribution in [-0.4, -0.2) is 18.6 Å². The zero-order chi connectivity index (χ0) is 16.7. The van der Waals surface area contributed by atoms with Crippen molar-refractivity contribution in [1.82, 2.24) is 0 Å². The standard InChI is InChI=1S/C19H23NO3/c1-4-13-22-17-11-9-16(10-12-17)20-19(21)15(3)23-18-8-6-5-7-14(18)2/h5-12,15H,4,13H2,1-3H3,(H,20,21)/t15-/m0/s1. The largest absolute Gasteiger partial charge is 0.494 e. The summed E-state index contributed by atoms with van der Waals surface area (Å²) in [6.45, 7) is 6.44. The molecule has 0 aliphatic carbocycles. The molecule has 0 saturated carbocycles. The molecule has 0 aromatic heterocycles. The van der Waals surface area contributed by atoms with Crippen LogP contribution in [0.4, 0.5) is 5.69 Å². The molecule has 4 nitrogen and oxygen atoms in total. The lowest BCUT2D eigenvalue weighted by molar-refractivity contribution is -0.122. The maximum Gasteiger partial charge on any atom is 0.265 e. The van der Waals surface area contributed by atoms with Crippen molar-refractivity contribution in [2.24, 2.45) is 0 Å². The van der Waals surface area contributed by atoms with E-state index in [4.69, 9.17) is 9.47 Å². The quantitative estimate of drug-likeness (QED) is 0.833. The second kappa shape index (κ2) is 8.22. The van der Waals surface area contributed by atoms with Gasteiger partial charge in [-0.25, -0.2) is 0 Å². The molecule has 0 saturated heterocycles. The highest BCUT2D eigenvalue weighted by atomic mass is 16.5. The molecule has 1 amide bonds. The Hall–Kier alpha value is -2.49. The summed E-state index contributed by atoms with van der Waals surface area (Å²) in [5.41, 5.74) is 1.73. The monoisotopic (exact) mass is 313 g/mol. The number of ether oxygens (including phenoxy) is 2. The second-order valence-corrected chi connectivity index (χ2v) is 5.39. The van der Waals surface area contributed by atoms with E-state index in [0.29, 0.717) is 6.61 Å². The van der Waals surface area contributed by atoms with E-state index in [-0.39, 0.29) is 5.91 Å². The number of para-hydroxylation sites is 1. The fourth-order valence-electron chi connectivity index (χ4n) is 2.03. The number of rotatable bonds is 7. The molecule has 0 unspecified atom stereocenters. The van der Waals surface area contributed by atoms with Crippen LogP contribution >= 0.6 is 0 Å². The molecule has 2 aromatic carbocycles. The maximum absolute atomic E-state index is 12.2. The van der Waals surface area contributed by atoms with Crippen LogP contribution in [0.1, 0.15) is 25.8 Å². The zero-order valence-corrected chi connectivity index (χ0v) is 13.8. The van der Waals surface area contributed by atoms with Gasteiger partial charge in [0.25, 0.3) is 5.91 Å². The maximum atomic E-state index is 12.2. The summed E-state index contributed by atoms with van der Waals surface area (Å²) >= 11 is 0. The molecular weight excluding hydrogens is 290 g/mol. The third-order valence-electron chi connectivity index (χ3n) is 3.36. The molecule has 0 spiro atoms. The van der Waals surface area contributed by atoms with Gasteiger partial charge in [0.2, 0.25) is 0 Å². The first-order valence-electron chi connectivity index (χ1n) is 7.86. The van der Waals surface area contributed by atoms with E-state index < -0.39 is 6.10 Å². The van der Waals surface area contributed by atoms with Crippen molar-refractivity contribution in [2.75, 3.05) is 11.9 Å². The Morgan fingerprint density at radius 1 is 1.13 bits per heavy atom. The van der Waals surface area contributed by atoms with Gasteiger partial charge in [0, 0.05) is 5.69 Å². The molecule has 1 atom stereocenters. The number of hydrogen-bond acceptors (Lipinski definition) is 3. The minimum atomic E-state index is -0.577.